The molecular weight excluding hydrogens is 138 g/mol. The number of hydrogen-bond acceptors (Lipinski definition) is 2. The quantitative estimate of drug-likeness (QED) is 0.649. The Labute approximate surface area is 67.9 Å². The van der Waals surface area contributed by atoms with Crippen molar-refractivity contribution in [3.8, 4) is 0 Å². The van der Waals surface area contributed by atoms with Gasteiger partial charge in [0.25, 0.3) is 0 Å². The standard InChI is InChI=1S/C9H15NO/c1-10-7-9(8-11-2)5-3-4-6-9/h3-6,10H,7-8H2,1-2H3. The summed E-state index contributed by atoms with van der Waals surface area (Å²) in [6.07, 6.45) is 8.48. The number of hydrogen-bond donors (Lipinski definition) is 1. The molecule has 1 aliphatic rings. The lowest BCUT2D eigenvalue weighted by Crippen LogP contribution is -2.32. The fourth-order valence-corrected chi connectivity index (χ4v) is 1.41. The highest BCUT2D eigenvalue weighted by molar-refractivity contribution is 5.25. The highest BCUT2D eigenvalue weighted by atomic mass is 16.5. The third-order valence-electron chi connectivity index (χ3n) is 1.89. The molecule has 11 heavy (non-hydrogen) atoms. The van der Waals surface area contributed by atoms with E-state index < -0.39 is 0 Å². The molecule has 1 rings (SSSR count). The summed E-state index contributed by atoms with van der Waals surface area (Å²) in [5, 5.41) is 3.15. The maximum absolute atomic E-state index is 5.14. The minimum Gasteiger partial charge on any atom is -0.383 e. The Balaban J connectivity index is 2.56. The molecule has 0 amide bonds. The topological polar surface area (TPSA) is 21.3 Å². The second-order valence-corrected chi connectivity index (χ2v) is 2.91. The van der Waals surface area contributed by atoms with Crippen LogP contribution in [-0.4, -0.2) is 27.3 Å². The number of rotatable bonds is 4. The largest absolute Gasteiger partial charge is 0.383 e. The Kier molecular flexibility index (Phi) is 2.85. The Bertz CT molecular complexity index is 152. The molecule has 0 spiro atoms. The van der Waals surface area contributed by atoms with Crippen LogP contribution < -0.4 is 5.32 Å². The van der Waals surface area contributed by atoms with E-state index in [9.17, 15) is 0 Å². The summed E-state index contributed by atoms with van der Waals surface area (Å²) in [7, 11) is 3.69. The first-order valence-electron chi connectivity index (χ1n) is 3.83. The smallest absolute Gasteiger partial charge is 0.0600 e. The second-order valence-electron chi connectivity index (χ2n) is 2.91. The molecule has 2 nitrogen and oxygen atoms in total. The average molecular weight is 153 g/mol. The van der Waals surface area contributed by atoms with Crippen molar-refractivity contribution < 1.29 is 4.74 Å². The van der Waals surface area contributed by atoms with E-state index in [-0.39, 0.29) is 5.41 Å². The molecule has 0 radical (unpaired) electrons. The molecule has 0 heterocycles. The first-order chi connectivity index (χ1) is 5.33. The number of allylic oxidation sites excluding steroid dienone is 2. The Morgan fingerprint density at radius 2 is 2.00 bits per heavy atom. The molecule has 1 aliphatic carbocycles. The molecule has 0 unspecified atom stereocenters. The third kappa shape index (κ3) is 1.91. The maximum atomic E-state index is 5.14. The summed E-state index contributed by atoms with van der Waals surface area (Å²) in [6.45, 7) is 1.69. The van der Waals surface area contributed by atoms with Gasteiger partial charge in [-0.3, -0.25) is 0 Å². The molecule has 0 atom stereocenters. The van der Waals surface area contributed by atoms with Crippen molar-refractivity contribution >= 4 is 0 Å². The Morgan fingerprint density at radius 1 is 1.36 bits per heavy atom. The van der Waals surface area contributed by atoms with Gasteiger partial charge in [0.15, 0.2) is 0 Å². The van der Waals surface area contributed by atoms with E-state index in [0.29, 0.717) is 0 Å². The second kappa shape index (κ2) is 3.69. The van der Waals surface area contributed by atoms with Crippen LogP contribution in [-0.2, 0) is 4.74 Å². The van der Waals surface area contributed by atoms with Gasteiger partial charge in [0.2, 0.25) is 0 Å². The van der Waals surface area contributed by atoms with Crippen LogP contribution >= 0.6 is 0 Å². The highest BCUT2D eigenvalue weighted by Crippen LogP contribution is 2.25. The molecule has 0 aromatic carbocycles. The van der Waals surface area contributed by atoms with Crippen LogP contribution in [0.2, 0.25) is 0 Å². The minimum absolute atomic E-state index is 0.101. The fraction of sp³-hybridized carbons (Fsp3) is 0.556. The van der Waals surface area contributed by atoms with Crippen molar-refractivity contribution in [1.29, 1.82) is 0 Å². The van der Waals surface area contributed by atoms with Crippen molar-refractivity contribution in [1.82, 2.24) is 5.32 Å². The first kappa shape index (κ1) is 8.50. The molecule has 0 bridgehead atoms. The molecule has 2 heteroatoms. The summed E-state index contributed by atoms with van der Waals surface area (Å²) in [5.41, 5.74) is 0.101. The van der Waals surface area contributed by atoms with E-state index in [0.717, 1.165) is 13.2 Å². The van der Waals surface area contributed by atoms with Gasteiger partial charge in [-0.15, -0.1) is 0 Å². The van der Waals surface area contributed by atoms with Crippen LogP contribution in [0.25, 0.3) is 0 Å². The predicted molar refractivity (Wildman–Crippen MR) is 46.5 cm³/mol. The van der Waals surface area contributed by atoms with Crippen molar-refractivity contribution in [2.24, 2.45) is 5.41 Å². The van der Waals surface area contributed by atoms with Crippen LogP contribution in [0.3, 0.4) is 0 Å². The van der Waals surface area contributed by atoms with Gasteiger partial charge in [-0.25, -0.2) is 0 Å². The normalized spacial score (nSPS) is 19.5. The summed E-state index contributed by atoms with van der Waals surface area (Å²) in [5.74, 6) is 0. The average Bonchev–Trinajstić information content (AvgIpc) is 2.39. The lowest BCUT2D eigenvalue weighted by atomic mass is 9.91. The zero-order chi connectivity index (χ0) is 8.16. The van der Waals surface area contributed by atoms with Crippen LogP contribution in [0, 0.1) is 5.41 Å². The molecule has 0 saturated carbocycles. The minimum atomic E-state index is 0.101. The molecule has 0 aromatic heterocycles. The van der Waals surface area contributed by atoms with Gasteiger partial charge in [-0.1, -0.05) is 24.3 Å². The van der Waals surface area contributed by atoms with Gasteiger partial charge in [-0.2, -0.15) is 0 Å². The van der Waals surface area contributed by atoms with Crippen LogP contribution in [0.1, 0.15) is 0 Å². The van der Waals surface area contributed by atoms with Gasteiger partial charge in [0, 0.05) is 19.1 Å². The molecule has 1 N–H and O–H groups in total. The first-order valence-corrected chi connectivity index (χ1v) is 3.83. The molecule has 62 valence electrons. The van der Waals surface area contributed by atoms with E-state index in [1.54, 1.807) is 7.11 Å². The van der Waals surface area contributed by atoms with Crippen LogP contribution in [0.4, 0.5) is 0 Å². The number of methoxy groups -OCH3 is 1. The Morgan fingerprint density at radius 3 is 2.45 bits per heavy atom. The van der Waals surface area contributed by atoms with E-state index in [2.05, 4.69) is 29.6 Å². The van der Waals surface area contributed by atoms with Crippen molar-refractivity contribution in [3.05, 3.63) is 24.3 Å². The fourth-order valence-electron chi connectivity index (χ4n) is 1.41. The lowest BCUT2D eigenvalue weighted by Gasteiger charge is -2.23. The van der Waals surface area contributed by atoms with Gasteiger partial charge >= 0.3 is 0 Å². The summed E-state index contributed by atoms with van der Waals surface area (Å²) in [6, 6.07) is 0. The summed E-state index contributed by atoms with van der Waals surface area (Å²) in [4.78, 5) is 0. The molecule has 0 aromatic rings. The highest BCUT2D eigenvalue weighted by Gasteiger charge is 2.24. The van der Waals surface area contributed by atoms with Crippen molar-refractivity contribution in [2.75, 3.05) is 27.3 Å². The lowest BCUT2D eigenvalue weighted by molar-refractivity contribution is 0.139. The van der Waals surface area contributed by atoms with Gasteiger partial charge < -0.3 is 10.1 Å². The molecule has 0 fully saturated rings. The van der Waals surface area contributed by atoms with E-state index >= 15 is 0 Å². The summed E-state index contributed by atoms with van der Waals surface area (Å²) < 4.78 is 5.14. The molecule has 0 saturated heterocycles. The van der Waals surface area contributed by atoms with Crippen molar-refractivity contribution in [2.45, 2.75) is 0 Å². The van der Waals surface area contributed by atoms with Crippen LogP contribution in [0.5, 0.6) is 0 Å². The van der Waals surface area contributed by atoms with Gasteiger partial charge in [0.05, 0.1) is 6.61 Å². The van der Waals surface area contributed by atoms with E-state index in [1.165, 1.54) is 0 Å². The van der Waals surface area contributed by atoms with Gasteiger partial charge in [0.1, 0.15) is 0 Å². The monoisotopic (exact) mass is 153 g/mol. The van der Waals surface area contributed by atoms with Crippen LogP contribution in [0.15, 0.2) is 24.3 Å². The zero-order valence-electron chi connectivity index (χ0n) is 7.13. The maximum Gasteiger partial charge on any atom is 0.0600 e. The number of nitrogens with one attached hydrogen (secondary N) is 1. The molecule has 0 aliphatic heterocycles. The van der Waals surface area contributed by atoms with Gasteiger partial charge in [-0.05, 0) is 7.05 Å². The van der Waals surface area contributed by atoms with E-state index in [1.807, 2.05) is 7.05 Å². The number of ether oxygens (including phenoxy) is 1. The zero-order valence-corrected chi connectivity index (χ0v) is 7.13. The Hall–Kier alpha value is -0.600. The third-order valence-corrected chi connectivity index (χ3v) is 1.89. The SMILES string of the molecule is CNCC1(COC)C=CC=C1. The predicted octanol–water partition coefficient (Wildman–Crippen LogP) is 0.965. The summed E-state index contributed by atoms with van der Waals surface area (Å²) >= 11 is 0. The van der Waals surface area contributed by atoms with E-state index in [4.69, 9.17) is 4.74 Å². The molecular formula is C9H15NO. The van der Waals surface area contributed by atoms with Crippen molar-refractivity contribution in [3.63, 3.8) is 0 Å².